The lowest BCUT2D eigenvalue weighted by molar-refractivity contribution is 0.669. The van der Waals surface area contributed by atoms with Crippen LogP contribution in [0.25, 0.3) is 164 Å². The zero-order valence-corrected chi connectivity index (χ0v) is 38.9. The zero-order chi connectivity index (χ0) is 47.0. The first kappa shape index (κ1) is 39.4. The predicted molar refractivity (Wildman–Crippen MR) is 305 cm³/mol. The fourth-order valence-corrected chi connectivity index (χ4v) is 12.3. The minimum Gasteiger partial charge on any atom is -0.456 e. The van der Waals surface area contributed by atoms with Crippen molar-refractivity contribution in [2.75, 3.05) is 0 Å². The molecular formula is C70H40O2. The molecule has 0 aliphatic rings. The van der Waals surface area contributed by atoms with Gasteiger partial charge < -0.3 is 8.83 Å². The highest BCUT2D eigenvalue weighted by Gasteiger charge is 2.21. The maximum Gasteiger partial charge on any atom is 0.136 e. The minimum atomic E-state index is 0.900. The molecule has 2 nitrogen and oxygen atoms in total. The van der Waals surface area contributed by atoms with Gasteiger partial charge in [0.1, 0.15) is 22.3 Å². The predicted octanol–water partition coefficient (Wildman–Crippen LogP) is 20.2. The van der Waals surface area contributed by atoms with Gasteiger partial charge in [-0.05, 0) is 181 Å². The third-order valence-corrected chi connectivity index (χ3v) is 15.5. The molecule has 2 heteroatoms. The summed E-state index contributed by atoms with van der Waals surface area (Å²) >= 11 is 0. The highest BCUT2D eigenvalue weighted by atomic mass is 16.3. The van der Waals surface area contributed by atoms with Crippen LogP contribution in [-0.2, 0) is 0 Å². The smallest absolute Gasteiger partial charge is 0.136 e. The molecule has 0 amide bonds. The molecule has 72 heavy (non-hydrogen) atoms. The number of rotatable bonds is 4. The summed E-state index contributed by atoms with van der Waals surface area (Å²) in [7, 11) is 0. The van der Waals surface area contributed by atoms with Crippen molar-refractivity contribution >= 4 is 119 Å². The Hall–Kier alpha value is -9.50. The van der Waals surface area contributed by atoms with Gasteiger partial charge in [0.2, 0.25) is 0 Å². The van der Waals surface area contributed by atoms with E-state index in [1.54, 1.807) is 0 Å². The van der Waals surface area contributed by atoms with Crippen molar-refractivity contribution in [3.8, 4) is 44.5 Å². The summed E-state index contributed by atoms with van der Waals surface area (Å²) in [6, 6.07) is 89.2. The van der Waals surface area contributed by atoms with Crippen LogP contribution in [0.3, 0.4) is 0 Å². The molecule has 16 rings (SSSR count). The Morgan fingerprint density at radius 1 is 0.167 bits per heavy atom. The third-order valence-electron chi connectivity index (χ3n) is 15.5. The van der Waals surface area contributed by atoms with E-state index < -0.39 is 0 Å². The third kappa shape index (κ3) is 5.78. The van der Waals surface area contributed by atoms with Crippen molar-refractivity contribution in [2.45, 2.75) is 0 Å². The van der Waals surface area contributed by atoms with Gasteiger partial charge in [0.05, 0.1) is 0 Å². The van der Waals surface area contributed by atoms with Crippen molar-refractivity contribution < 1.29 is 8.83 Å². The molecule has 0 N–H and O–H groups in total. The zero-order valence-electron chi connectivity index (χ0n) is 38.9. The van der Waals surface area contributed by atoms with Gasteiger partial charge >= 0.3 is 0 Å². The number of fused-ring (bicyclic) bond motifs is 13. The normalized spacial score (nSPS) is 12.2. The average Bonchev–Trinajstić information content (AvgIpc) is 3.98. The molecule has 0 bridgehead atoms. The fourth-order valence-electron chi connectivity index (χ4n) is 12.3. The summed E-state index contributed by atoms with van der Waals surface area (Å²) in [4.78, 5) is 0. The van der Waals surface area contributed by atoms with E-state index in [0.717, 1.165) is 43.9 Å². The molecule has 332 valence electrons. The Balaban J connectivity index is 0.867. The van der Waals surface area contributed by atoms with Gasteiger partial charge in [-0.25, -0.2) is 0 Å². The van der Waals surface area contributed by atoms with Crippen LogP contribution in [-0.4, -0.2) is 0 Å². The van der Waals surface area contributed by atoms with Gasteiger partial charge in [-0.3, -0.25) is 0 Å². The van der Waals surface area contributed by atoms with E-state index in [2.05, 4.69) is 243 Å². The molecule has 2 heterocycles. The topological polar surface area (TPSA) is 26.3 Å². The average molecular weight is 913 g/mol. The molecule has 16 aromatic rings. The van der Waals surface area contributed by atoms with Crippen molar-refractivity contribution in [2.24, 2.45) is 0 Å². The molecule has 14 aromatic carbocycles. The molecule has 0 radical (unpaired) electrons. The summed E-state index contributed by atoms with van der Waals surface area (Å²) in [6.45, 7) is 0. The van der Waals surface area contributed by atoms with E-state index in [4.69, 9.17) is 8.83 Å². The van der Waals surface area contributed by atoms with Crippen LogP contribution in [0.1, 0.15) is 0 Å². The lowest BCUT2D eigenvalue weighted by atomic mass is 9.84. The van der Waals surface area contributed by atoms with Crippen LogP contribution in [0.2, 0.25) is 0 Å². The van der Waals surface area contributed by atoms with Crippen molar-refractivity contribution in [3.05, 3.63) is 243 Å². The molecule has 0 fully saturated rings. The maximum absolute atomic E-state index is 6.47. The molecule has 0 unspecified atom stereocenters. The lowest BCUT2D eigenvalue weighted by Gasteiger charge is -2.19. The Kier molecular flexibility index (Phi) is 8.20. The highest BCUT2D eigenvalue weighted by Crippen LogP contribution is 2.48. The lowest BCUT2D eigenvalue weighted by Crippen LogP contribution is -1.92. The Bertz CT molecular complexity index is 4560. The van der Waals surface area contributed by atoms with Gasteiger partial charge in [-0.1, -0.05) is 182 Å². The van der Waals surface area contributed by atoms with Gasteiger partial charge in [-0.2, -0.15) is 0 Å². The van der Waals surface area contributed by atoms with Crippen LogP contribution in [0.15, 0.2) is 251 Å². The first-order chi connectivity index (χ1) is 35.7. The molecular weight excluding hydrogens is 873 g/mol. The second-order valence-corrected chi connectivity index (χ2v) is 19.5. The Labute approximate surface area is 413 Å². The fraction of sp³-hybridized carbons (Fsp3) is 0. The summed E-state index contributed by atoms with van der Waals surface area (Å²) in [6.07, 6.45) is 0. The molecule has 0 aliphatic heterocycles. The van der Waals surface area contributed by atoms with E-state index in [1.165, 1.54) is 120 Å². The summed E-state index contributed by atoms with van der Waals surface area (Å²) in [5, 5.41) is 21.6. The van der Waals surface area contributed by atoms with Crippen molar-refractivity contribution in [3.63, 3.8) is 0 Å². The largest absolute Gasteiger partial charge is 0.456 e. The minimum absolute atomic E-state index is 0.900. The molecule has 0 saturated carbocycles. The van der Waals surface area contributed by atoms with Gasteiger partial charge in [0.25, 0.3) is 0 Å². The molecule has 0 aliphatic carbocycles. The van der Waals surface area contributed by atoms with Crippen molar-refractivity contribution in [1.29, 1.82) is 0 Å². The van der Waals surface area contributed by atoms with Crippen LogP contribution < -0.4 is 0 Å². The summed E-state index contributed by atoms with van der Waals surface area (Å²) in [5.41, 5.74) is 13.3. The molecule has 0 atom stereocenters. The quantitative estimate of drug-likeness (QED) is 0.164. The van der Waals surface area contributed by atoms with E-state index >= 15 is 0 Å². The number of furan rings is 2. The van der Waals surface area contributed by atoms with Crippen LogP contribution >= 0.6 is 0 Å². The SMILES string of the molecule is c1ccc2cc3c(cc2c1)oc1ccc(-c2c4ccccc4c(-c4ccc5ccc(-c6c7ccccc7c(-c7ccc8oc9cc%10ccccc%10cc9c8c7)c7ccccc67)cc5c4)c4ccccc24)cc13. The molecule has 0 saturated heterocycles. The van der Waals surface area contributed by atoms with E-state index in [-0.39, 0.29) is 0 Å². The number of hydrogen-bond acceptors (Lipinski definition) is 2. The Morgan fingerprint density at radius 2 is 0.444 bits per heavy atom. The first-order valence-corrected chi connectivity index (χ1v) is 24.8. The second-order valence-electron chi connectivity index (χ2n) is 19.5. The van der Waals surface area contributed by atoms with Gasteiger partial charge in [0.15, 0.2) is 0 Å². The standard InChI is InChI=1S/C70H40O2/c1-3-15-44-39-65-61(35-42(44)13-1)59-37-48(29-31-63(59)71-65)69-55-21-9-5-17-51(55)67(52-18-6-10-22-56(52)69)46-27-25-41-26-28-47(34-50(41)33-46)68-53-19-7-11-23-57(53)70(58-24-12-8-20-54(58)68)49-30-32-64-60(38-49)62-36-43-14-2-4-16-45(43)40-66(62)72-64/h1-40H. The maximum atomic E-state index is 6.47. The van der Waals surface area contributed by atoms with Crippen LogP contribution in [0, 0.1) is 0 Å². The summed E-state index contributed by atoms with van der Waals surface area (Å²) in [5.74, 6) is 0. The summed E-state index contributed by atoms with van der Waals surface area (Å²) < 4.78 is 12.9. The van der Waals surface area contributed by atoms with Gasteiger partial charge in [0, 0.05) is 21.5 Å². The molecule has 2 aromatic heterocycles. The van der Waals surface area contributed by atoms with E-state index in [0.29, 0.717) is 0 Å². The number of benzene rings is 14. The monoisotopic (exact) mass is 912 g/mol. The van der Waals surface area contributed by atoms with Crippen molar-refractivity contribution in [1.82, 2.24) is 0 Å². The molecule has 0 spiro atoms. The highest BCUT2D eigenvalue weighted by molar-refractivity contribution is 6.25. The second kappa shape index (κ2) is 15.0. The van der Waals surface area contributed by atoms with E-state index in [1.807, 2.05) is 0 Å². The Morgan fingerprint density at radius 3 is 0.792 bits per heavy atom. The van der Waals surface area contributed by atoms with Gasteiger partial charge in [-0.15, -0.1) is 0 Å². The first-order valence-electron chi connectivity index (χ1n) is 24.8. The van der Waals surface area contributed by atoms with Crippen LogP contribution in [0.4, 0.5) is 0 Å². The van der Waals surface area contributed by atoms with Crippen LogP contribution in [0.5, 0.6) is 0 Å². The number of hydrogen-bond donors (Lipinski definition) is 0. The van der Waals surface area contributed by atoms with E-state index in [9.17, 15) is 0 Å².